The lowest BCUT2D eigenvalue weighted by Gasteiger charge is -2.03. The summed E-state index contributed by atoms with van der Waals surface area (Å²) in [5.74, 6) is -0.881. The normalized spacial score (nSPS) is 11.0. The number of pyridine rings is 1. The quantitative estimate of drug-likeness (QED) is 0.804. The zero-order valence-electron chi connectivity index (χ0n) is 11.4. The Bertz CT molecular complexity index is 822. The van der Waals surface area contributed by atoms with Gasteiger partial charge in [-0.25, -0.2) is 4.98 Å². The molecule has 5 heteroatoms. The Hall–Kier alpha value is -2.33. The number of hydrogen-bond donors (Lipinski definition) is 1. The van der Waals surface area contributed by atoms with E-state index >= 15 is 0 Å². The molecule has 0 radical (unpaired) electrons. The molecule has 0 aliphatic carbocycles. The van der Waals surface area contributed by atoms with Gasteiger partial charge < -0.3 is 9.51 Å². The van der Waals surface area contributed by atoms with E-state index < -0.39 is 5.97 Å². The van der Waals surface area contributed by atoms with Crippen LogP contribution < -0.4 is 0 Å². The maximum absolute atomic E-state index is 11.2. The molecule has 3 rings (SSSR count). The molecular weight excluding hydrogens is 288 g/mol. The summed E-state index contributed by atoms with van der Waals surface area (Å²) in [6.07, 6.45) is 1.82. The Balaban J connectivity index is 2.25. The van der Waals surface area contributed by atoms with Gasteiger partial charge in [0.2, 0.25) is 0 Å². The van der Waals surface area contributed by atoms with Crippen molar-refractivity contribution in [3.63, 3.8) is 0 Å². The largest absolute Gasteiger partial charge is 0.481 e. The molecule has 2 heterocycles. The smallest absolute Gasteiger partial charge is 0.309 e. The lowest BCUT2D eigenvalue weighted by Crippen LogP contribution is -2.04. The van der Waals surface area contributed by atoms with E-state index in [2.05, 4.69) is 4.98 Å². The van der Waals surface area contributed by atoms with Crippen LogP contribution in [0, 0.1) is 6.92 Å². The molecule has 1 aromatic carbocycles. The number of nitrogens with zero attached hydrogens (tertiary/aromatic N) is 2. The number of carbonyl (C=O) groups is 1. The minimum atomic E-state index is -0.881. The van der Waals surface area contributed by atoms with Gasteiger partial charge in [-0.15, -0.1) is 0 Å². The number of carboxylic acids is 1. The van der Waals surface area contributed by atoms with Crippen LogP contribution in [0.25, 0.3) is 16.9 Å². The Kier molecular flexibility index (Phi) is 3.39. The third-order valence-corrected chi connectivity index (χ3v) is 3.55. The highest BCUT2D eigenvalue weighted by atomic mass is 35.5. The van der Waals surface area contributed by atoms with Gasteiger partial charge in [0.25, 0.3) is 0 Å². The molecule has 106 valence electrons. The second-order valence-electron chi connectivity index (χ2n) is 4.92. The summed E-state index contributed by atoms with van der Waals surface area (Å²) in [6.45, 7) is 1.96. The number of hydrogen-bond acceptors (Lipinski definition) is 2. The van der Waals surface area contributed by atoms with Gasteiger partial charge in [-0.05, 0) is 30.7 Å². The maximum atomic E-state index is 11.2. The summed E-state index contributed by atoms with van der Waals surface area (Å²) in [6, 6.07) is 11.1. The Labute approximate surface area is 126 Å². The molecule has 0 fully saturated rings. The average molecular weight is 301 g/mol. The van der Waals surface area contributed by atoms with E-state index in [0.29, 0.717) is 16.4 Å². The second kappa shape index (κ2) is 5.22. The van der Waals surface area contributed by atoms with E-state index in [1.807, 2.05) is 41.8 Å². The molecule has 0 spiro atoms. The second-order valence-corrected chi connectivity index (χ2v) is 5.36. The van der Waals surface area contributed by atoms with E-state index in [4.69, 9.17) is 16.7 Å². The highest BCUT2D eigenvalue weighted by Crippen LogP contribution is 2.26. The van der Waals surface area contributed by atoms with Crippen molar-refractivity contribution in [1.82, 2.24) is 9.38 Å². The monoisotopic (exact) mass is 300 g/mol. The van der Waals surface area contributed by atoms with Gasteiger partial charge in [0.15, 0.2) is 0 Å². The zero-order valence-corrected chi connectivity index (χ0v) is 12.1. The molecule has 21 heavy (non-hydrogen) atoms. The van der Waals surface area contributed by atoms with E-state index in [1.54, 1.807) is 12.1 Å². The molecule has 2 aromatic heterocycles. The first-order valence-electron chi connectivity index (χ1n) is 6.50. The van der Waals surface area contributed by atoms with Crippen molar-refractivity contribution in [2.75, 3.05) is 0 Å². The third kappa shape index (κ3) is 2.62. The summed E-state index contributed by atoms with van der Waals surface area (Å²) in [7, 11) is 0. The molecule has 0 saturated carbocycles. The molecule has 0 aliphatic heterocycles. The van der Waals surface area contributed by atoms with Gasteiger partial charge in [0.05, 0.1) is 17.8 Å². The van der Waals surface area contributed by atoms with Gasteiger partial charge in [-0.3, -0.25) is 4.79 Å². The van der Waals surface area contributed by atoms with Gasteiger partial charge in [0.1, 0.15) is 5.65 Å². The molecule has 0 amide bonds. The predicted octanol–water partition coefficient (Wildman–Crippen LogP) is 3.59. The van der Waals surface area contributed by atoms with Gasteiger partial charge >= 0.3 is 5.97 Å². The maximum Gasteiger partial charge on any atom is 0.309 e. The first kappa shape index (κ1) is 13.6. The summed E-state index contributed by atoms with van der Waals surface area (Å²) in [5.41, 5.74) is 4.00. The van der Waals surface area contributed by atoms with Crippen LogP contribution in [0.15, 0.2) is 42.6 Å². The number of carboxylic acid groups (broad SMARTS) is 1. The lowest BCUT2D eigenvalue weighted by atomic mass is 10.1. The van der Waals surface area contributed by atoms with Crippen molar-refractivity contribution in [2.45, 2.75) is 13.3 Å². The molecule has 4 nitrogen and oxygen atoms in total. The minimum absolute atomic E-state index is 0.0808. The molecule has 0 atom stereocenters. The van der Waals surface area contributed by atoms with Crippen molar-refractivity contribution in [3.8, 4) is 11.3 Å². The Morgan fingerprint density at radius 2 is 1.95 bits per heavy atom. The number of rotatable bonds is 3. The molecule has 0 bridgehead atoms. The van der Waals surface area contributed by atoms with E-state index in [9.17, 15) is 4.79 Å². The van der Waals surface area contributed by atoms with Crippen LogP contribution in [-0.2, 0) is 11.2 Å². The predicted molar refractivity (Wildman–Crippen MR) is 81.7 cm³/mol. The molecule has 0 aliphatic rings. The topological polar surface area (TPSA) is 54.6 Å². The SMILES string of the molecule is Cc1ccc2nc(-c3ccc(Cl)cc3)c(CC(=O)O)n2c1. The lowest BCUT2D eigenvalue weighted by molar-refractivity contribution is -0.136. The number of fused-ring (bicyclic) bond motifs is 1. The number of aromatic nitrogens is 2. The van der Waals surface area contributed by atoms with Crippen LogP contribution in [0.2, 0.25) is 5.02 Å². The fourth-order valence-corrected chi connectivity index (χ4v) is 2.48. The Morgan fingerprint density at radius 1 is 1.24 bits per heavy atom. The molecule has 0 saturated heterocycles. The number of benzene rings is 1. The highest BCUT2D eigenvalue weighted by molar-refractivity contribution is 6.30. The molecule has 1 N–H and O–H groups in total. The third-order valence-electron chi connectivity index (χ3n) is 3.30. The van der Waals surface area contributed by atoms with E-state index in [0.717, 1.165) is 16.8 Å². The summed E-state index contributed by atoms with van der Waals surface area (Å²) in [4.78, 5) is 15.7. The standard InChI is InChI=1S/C16H13ClN2O2/c1-10-2-7-14-18-16(11-3-5-12(17)6-4-11)13(8-15(20)21)19(14)9-10/h2-7,9H,8H2,1H3,(H,20,21). The van der Waals surface area contributed by atoms with Gasteiger partial charge in [0, 0.05) is 16.8 Å². The fourth-order valence-electron chi connectivity index (χ4n) is 2.35. The van der Waals surface area contributed by atoms with Crippen molar-refractivity contribution < 1.29 is 9.90 Å². The van der Waals surface area contributed by atoms with Crippen molar-refractivity contribution >= 4 is 23.2 Å². The Morgan fingerprint density at radius 3 is 2.62 bits per heavy atom. The van der Waals surface area contributed by atoms with Crippen LogP contribution in [0.3, 0.4) is 0 Å². The zero-order chi connectivity index (χ0) is 15.0. The van der Waals surface area contributed by atoms with Crippen LogP contribution in [0.1, 0.15) is 11.3 Å². The van der Waals surface area contributed by atoms with Crippen molar-refractivity contribution in [2.24, 2.45) is 0 Å². The van der Waals surface area contributed by atoms with E-state index in [1.165, 1.54) is 0 Å². The highest BCUT2D eigenvalue weighted by Gasteiger charge is 2.16. The van der Waals surface area contributed by atoms with Crippen molar-refractivity contribution in [3.05, 3.63) is 58.9 Å². The van der Waals surface area contributed by atoms with Crippen LogP contribution >= 0.6 is 11.6 Å². The summed E-state index contributed by atoms with van der Waals surface area (Å²) < 4.78 is 1.84. The number of aliphatic carboxylic acids is 1. The first-order chi connectivity index (χ1) is 10.0. The van der Waals surface area contributed by atoms with Gasteiger partial charge in [-0.1, -0.05) is 29.8 Å². The molecular formula is C16H13ClN2O2. The number of aryl methyl sites for hydroxylation is 1. The van der Waals surface area contributed by atoms with Crippen LogP contribution in [0.5, 0.6) is 0 Å². The van der Waals surface area contributed by atoms with Crippen LogP contribution in [-0.4, -0.2) is 20.5 Å². The first-order valence-corrected chi connectivity index (χ1v) is 6.88. The minimum Gasteiger partial charge on any atom is -0.481 e. The van der Waals surface area contributed by atoms with Crippen LogP contribution in [0.4, 0.5) is 0 Å². The molecule has 0 unspecified atom stereocenters. The summed E-state index contributed by atoms with van der Waals surface area (Å²) in [5, 5.41) is 9.80. The van der Waals surface area contributed by atoms with Crippen molar-refractivity contribution in [1.29, 1.82) is 0 Å². The fraction of sp³-hybridized carbons (Fsp3) is 0.125. The number of halogens is 1. The van der Waals surface area contributed by atoms with E-state index in [-0.39, 0.29) is 6.42 Å². The number of imidazole rings is 1. The average Bonchev–Trinajstić information content (AvgIpc) is 2.77. The summed E-state index contributed by atoms with van der Waals surface area (Å²) >= 11 is 5.90. The molecule has 3 aromatic rings. The van der Waals surface area contributed by atoms with Gasteiger partial charge in [-0.2, -0.15) is 0 Å².